The molecule has 1 aliphatic rings. The Morgan fingerprint density at radius 2 is 2.06 bits per heavy atom. The number of carbonyl (C=O) groups excluding carboxylic acids is 1. The van der Waals surface area contributed by atoms with Gasteiger partial charge in [-0.2, -0.15) is 4.99 Å². The lowest BCUT2D eigenvalue weighted by atomic mass is 10.4. The van der Waals surface area contributed by atoms with Gasteiger partial charge in [-0.25, -0.2) is 4.79 Å². The Kier molecular flexibility index (Phi) is 6.67. The molecular weight excluding hydrogens is 234 g/mol. The van der Waals surface area contributed by atoms with Crippen molar-refractivity contribution in [2.24, 2.45) is 4.99 Å². The Labute approximate surface area is 109 Å². The molecule has 1 saturated heterocycles. The van der Waals surface area contributed by atoms with Gasteiger partial charge in [0.2, 0.25) is 0 Å². The van der Waals surface area contributed by atoms with Gasteiger partial charge in [-0.15, -0.1) is 0 Å². The fourth-order valence-corrected chi connectivity index (χ4v) is 1.66. The summed E-state index contributed by atoms with van der Waals surface area (Å²) in [4.78, 5) is 19.5. The van der Waals surface area contributed by atoms with Crippen LogP contribution in [0.2, 0.25) is 0 Å². The average molecular weight is 257 g/mol. The number of hydrogen-bond acceptors (Lipinski definition) is 4. The first kappa shape index (κ1) is 14.9. The first-order valence-electron chi connectivity index (χ1n) is 6.29. The van der Waals surface area contributed by atoms with Crippen molar-refractivity contribution < 1.29 is 14.3 Å². The second kappa shape index (κ2) is 8.05. The minimum Gasteiger partial charge on any atom is -0.448 e. The van der Waals surface area contributed by atoms with E-state index >= 15 is 0 Å². The minimum atomic E-state index is -0.502. The van der Waals surface area contributed by atoms with E-state index in [-0.39, 0.29) is 0 Å². The Bertz CT molecular complexity index is 286. The van der Waals surface area contributed by atoms with Crippen LogP contribution in [0.25, 0.3) is 0 Å². The highest BCUT2D eigenvalue weighted by molar-refractivity contribution is 5.90. The van der Waals surface area contributed by atoms with Crippen molar-refractivity contribution in [3.8, 4) is 0 Å². The second-order valence-electron chi connectivity index (χ2n) is 4.53. The second-order valence-corrected chi connectivity index (χ2v) is 4.53. The highest BCUT2D eigenvalue weighted by Gasteiger charge is 2.12. The van der Waals surface area contributed by atoms with Crippen LogP contribution in [0, 0.1) is 0 Å². The van der Waals surface area contributed by atoms with Crippen LogP contribution < -0.4 is 0 Å². The predicted molar refractivity (Wildman–Crippen MR) is 70.0 cm³/mol. The molecule has 0 saturated carbocycles. The lowest BCUT2D eigenvalue weighted by Gasteiger charge is -2.27. The van der Waals surface area contributed by atoms with E-state index in [0.29, 0.717) is 25.7 Å². The molecule has 1 rings (SSSR count). The van der Waals surface area contributed by atoms with Crippen molar-refractivity contribution in [2.45, 2.75) is 13.3 Å². The Hall–Kier alpha value is -1.14. The van der Waals surface area contributed by atoms with Crippen molar-refractivity contribution in [2.75, 3.05) is 53.6 Å². The summed E-state index contributed by atoms with van der Waals surface area (Å²) in [6, 6.07) is 0. The molecule has 0 aromatic carbocycles. The van der Waals surface area contributed by atoms with Crippen molar-refractivity contribution in [1.82, 2.24) is 9.80 Å². The van der Waals surface area contributed by atoms with Gasteiger partial charge in [-0.1, -0.05) is 0 Å². The summed E-state index contributed by atoms with van der Waals surface area (Å²) in [6.07, 6.45) is 0.322. The first-order chi connectivity index (χ1) is 8.59. The molecule has 1 fully saturated rings. The number of amidine groups is 1. The molecule has 0 aromatic heterocycles. The Balaban J connectivity index is 2.24. The summed E-state index contributed by atoms with van der Waals surface area (Å²) in [5.41, 5.74) is 0. The van der Waals surface area contributed by atoms with E-state index in [0.717, 1.165) is 26.1 Å². The molecule has 104 valence electrons. The number of hydrogen-bond donors (Lipinski definition) is 0. The number of aliphatic imine (C=N–C) groups is 1. The molecule has 1 aliphatic heterocycles. The van der Waals surface area contributed by atoms with Gasteiger partial charge in [-0.3, -0.25) is 0 Å². The molecule has 0 aromatic rings. The molecule has 0 N–H and O–H groups in total. The van der Waals surface area contributed by atoms with Crippen LogP contribution in [-0.4, -0.2) is 75.3 Å². The quantitative estimate of drug-likeness (QED) is 0.424. The van der Waals surface area contributed by atoms with Crippen molar-refractivity contribution in [3.63, 3.8) is 0 Å². The molecule has 0 bridgehead atoms. The van der Waals surface area contributed by atoms with Crippen LogP contribution in [-0.2, 0) is 9.47 Å². The number of amides is 1. The van der Waals surface area contributed by atoms with E-state index in [2.05, 4.69) is 9.89 Å². The molecule has 0 unspecified atom stereocenters. The Morgan fingerprint density at radius 1 is 1.39 bits per heavy atom. The monoisotopic (exact) mass is 257 g/mol. The minimum absolute atomic E-state index is 0.414. The first-order valence-corrected chi connectivity index (χ1v) is 6.29. The fraction of sp³-hybridized carbons (Fsp3) is 0.833. The molecule has 0 radical (unpaired) electrons. The third kappa shape index (κ3) is 5.97. The van der Waals surface area contributed by atoms with Crippen molar-refractivity contribution in [3.05, 3.63) is 0 Å². The zero-order chi connectivity index (χ0) is 13.4. The van der Waals surface area contributed by atoms with Gasteiger partial charge < -0.3 is 19.3 Å². The predicted octanol–water partition coefficient (Wildman–Crippen LogP) is 0.825. The maximum absolute atomic E-state index is 11.5. The zero-order valence-electron chi connectivity index (χ0n) is 11.5. The van der Waals surface area contributed by atoms with E-state index in [1.165, 1.54) is 0 Å². The van der Waals surface area contributed by atoms with Crippen LogP contribution in [0.1, 0.15) is 13.3 Å². The smallest absolute Gasteiger partial charge is 0.435 e. The highest BCUT2D eigenvalue weighted by Crippen LogP contribution is 2.00. The Morgan fingerprint density at radius 3 is 2.67 bits per heavy atom. The van der Waals surface area contributed by atoms with Crippen LogP contribution in [0.4, 0.5) is 4.79 Å². The summed E-state index contributed by atoms with van der Waals surface area (Å²) >= 11 is 0. The van der Waals surface area contributed by atoms with Crippen molar-refractivity contribution >= 4 is 11.9 Å². The van der Waals surface area contributed by atoms with Crippen molar-refractivity contribution in [1.29, 1.82) is 0 Å². The van der Waals surface area contributed by atoms with E-state index < -0.39 is 6.09 Å². The van der Waals surface area contributed by atoms with Crippen LogP contribution in [0.3, 0.4) is 0 Å². The number of rotatable bonds is 4. The zero-order valence-corrected chi connectivity index (χ0v) is 11.5. The third-order valence-corrected chi connectivity index (χ3v) is 2.70. The molecule has 0 atom stereocenters. The summed E-state index contributed by atoms with van der Waals surface area (Å²) in [5.74, 6) is 0.705. The lowest BCUT2D eigenvalue weighted by Crippen LogP contribution is -2.39. The van der Waals surface area contributed by atoms with Crippen LogP contribution in [0.15, 0.2) is 4.99 Å². The van der Waals surface area contributed by atoms with E-state index in [4.69, 9.17) is 9.47 Å². The van der Waals surface area contributed by atoms with Gasteiger partial charge in [-0.05, 0) is 27.4 Å². The van der Waals surface area contributed by atoms with E-state index in [1.54, 1.807) is 0 Å². The van der Waals surface area contributed by atoms with E-state index in [1.807, 2.05) is 25.9 Å². The number of ether oxygens (including phenoxy) is 2. The molecule has 6 nitrogen and oxygen atoms in total. The molecule has 0 spiro atoms. The third-order valence-electron chi connectivity index (χ3n) is 2.70. The summed E-state index contributed by atoms with van der Waals surface area (Å²) in [7, 11) is 3.98. The molecule has 1 amide bonds. The molecule has 1 heterocycles. The summed E-state index contributed by atoms with van der Waals surface area (Å²) < 4.78 is 10.3. The van der Waals surface area contributed by atoms with Gasteiger partial charge in [0.15, 0.2) is 0 Å². The van der Waals surface area contributed by atoms with Gasteiger partial charge in [0, 0.05) is 19.6 Å². The maximum atomic E-state index is 11.5. The average Bonchev–Trinajstić information content (AvgIpc) is 2.35. The summed E-state index contributed by atoms with van der Waals surface area (Å²) in [6.45, 7) is 6.07. The van der Waals surface area contributed by atoms with E-state index in [9.17, 15) is 4.79 Å². The SMILES string of the molecule is C/C(=N/C(=O)OCCCN(C)C)N1CCOCC1. The van der Waals surface area contributed by atoms with Crippen LogP contribution >= 0.6 is 0 Å². The normalized spacial score (nSPS) is 17.1. The molecule has 6 heteroatoms. The number of morpholine rings is 1. The number of nitrogens with zero attached hydrogens (tertiary/aromatic N) is 3. The topological polar surface area (TPSA) is 54.4 Å². The van der Waals surface area contributed by atoms with Gasteiger partial charge in [0.25, 0.3) is 0 Å². The highest BCUT2D eigenvalue weighted by atomic mass is 16.5. The summed E-state index contributed by atoms with van der Waals surface area (Å²) in [5, 5.41) is 0. The molecule has 0 aliphatic carbocycles. The largest absolute Gasteiger partial charge is 0.448 e. The van der Waals surface area contributed by atoms with Crippen LogP contribution in [0.5, 0.6) is 0 Å². The maximum Gasteiger partial charge on any atom is 0.435 e. The molecular formula is C12H23N3O3. The van der Waals surface area contributed by atoms with Gasteiger partial charge in [0.05, 0.1) is 19.8 Å². The number of carbonyl (C=O) groups is 1. The standard InChI is InChI=1S/C12H23N3O3/c1-11(15-6-9-17-10-7-15)13-12(16)18-8-4-5-14(2)3/h4-10H2,1-3H3/b13-11-. The van der Waals surface area contributed by atoms with Gasteiger partial charge >= 0.3 is 6.09 Å². The molecule has 18 heavy (non-hydrogen) atoms. The van der Waals surface area contributed by atoms with Gasteiger partial charge in [0.1, 0.15) is 5.84 Å². The fourth-order valence-electron chi connectivity index (χ4n) is 1.66. The lowest BCUT2D eigenvalue weighted by molar-refractivity contribution is 0.0675.